The predicted octanol–water partition coefficient (Wildman–Crippen LogP) is 4.18. The summed E-state index contributed by atoms with van der Waals surface area (Å²) in [5.41, 5.74) is 1.83. The summed E-state index contributed by atoms with van der Waals surface area (Å²) in [4.78, 5) is 45.2. The van der Waals surface area contributed by atoms with Crippen LogP contribution in [0, 0.1) is 20.2 Å². The van der Waals surface area contributed by atoms with E-state index in [4.69, 9.17) is 14.2 Å². The maximum Gasteiger partial charge on any atom is 0.329 e. The first-order valence-corrected chi connectivity index (χ1v) is 11.5. The number of nitro groups is 2. The van der Waals surface area contributed by atoms with Crippen molar-refractivity contribution in [3.8, 4) is 23.0 Å². The fourth-order valence-corrected chi connectivity index (χ4v) is 3.17. The molecule has 0 saturated carbocycles. The van der Waals surface area contributed by atoms with E-state index in [-0.39, 0.29) is 23.9 Å². The molecule has 0 spiro atoms. The number of anilines is 1. The highest BCUT2D eigenvalue weighted by atomic mass is 16.6. The van der Waals surface area contributed by atoms with E-state index >= 15 is 0 Å². The fraction of sp³-hybridized carbons (Fsp3) is 0.160. The van der Waals surface area contributed by atoms with Gasteiger partial charge in [-0.05, 0) is 55.8 Å². The highest BCUT2D eigenvalue weighted by molar-refractivity contribution is 6.39. The van der Waals surface area contributed by atoms with Gasteiger partial charge in [0.2, 0.25) is 5.75 Å². The van der Waals surface area contributed by atoms with Crippen LogP contribution in [-0.4, -0.2) is 41.1 Å². The summed E-state index contributed by atoms with van der Waals surface area (Å²) in [5, 5.41) is 28.6. The summed E-state index contributed by atoms with van der Waals surface area (Å²) in [7, 11) is 0. The summed E-state index contributed by atoms with van der Waals surface area (Å²) in [6.07, 6.45) is 1.25. The van der Waals surface area contributed by atoms with Crippen LogP contribution in [0.25, 0.3) is 0 Å². The first kappa shape index (κ1) is 28.0. The number of hydrazone groups is 1. The molecule has 0 unspecified atom stereocenters. The summed E-state index contributed by atoms with van der Waals surface area (Å²) in [5.74, 6) is -1.50. The van der Waals surface area contributed by atoms with Gasteiger partial charge in [-0.15, -0.1) is 0 Å². The number of ether oxygens (including phenoxy) is 3. The lowest BCUT2D eigenvalue weighted by molar-refractivity contribution is -0.394. The minimum Gasteiger partial charge on any atom is -0.492 e. The second kappa shape index (κ2) is 13.1. The highest BCUT2D eigenvalue weighted by Gasteiger charge is 2.22. The number of nitro benzene ring substituents is 2. The third kappa shape index (κ3) is 7.48. The van der Waals surface area contributed by atoms with Crippen LogP contribution in [0.5, 0.6) is 23.0 Å². The molecule has 0 saturated heterocycles. The van der Waals surface area contributed by atoms with Crippen LogP contribution in [0.2, 0.25) is 0 Å². The maximum atomic E-state index is 12.2. The van der Waals surface area contributed by atoms with Gasteiger partial charge in [0.25, 0.3) is 5.69 Å². The molecule has 0 aliphatic heterocycles. The summed E-state index contributed by atoms with van der Waals surface area (Å²) in [6, 6.07) is 14.1. The molecule has 3 aromatic rings. The lowest BCUT2D eigenvalue weighted by Gasteiger charge is -2.12. The number of nitrogens with zero attached hydrogens (tertiary/aromatic N) is 3. The third-order valence-electron chi connectivity index (χ3n) is 4.86. The lowest BCUT2D eigenvalue weighted by Crippen LogP contribution is -2.32. The quantitative estimate of drug-likeness (QED) is 0.157. The second-order valence-corrected chi connectivity index (χ2v) is 7.49. The van der Waals surface area contributed by atoms with Crippen LogP contribution in [0.3, 0.4) is 0 Å². The van der Waals surface area contributed by atoms with Crippen LogP contribution < -0.4 is 25.0 Å². The molecule has 14 nitrogen and oxygen atoms in total. The topological polar surface area (TPSA) is 185 Å². The molecule has 0 heterocycles. The van der Waals surface area contributed by atoms with Gasteiger partial charge in [-0.2, -0.15) is 5.10 Å². The van der Waals surface area contributed by atoms with E-state index in [0.717, 1.165) is 18.2 Å². The van der Waals surface area contributed by atoms with E-state index in [1.165, 1.54) is 24.4 Å². The lowest BCUT2D eigenvalue weighted by atomic mass is 10.2. The molecule has 0 atom stereocenters. The molecular weight excluding hydrogens is 514 g/mol. The molecule has 14 heteroatoms. The molecule has 0 aliphatic carbocycles. The number of rotatable bonds is 11. The first-order valence-electron chi connectivity index (χ1n) is 11.5. The van der Waals surface area contributed by atoms with Crippen molar-refractivity contribution in [2.45, 2.75) is 13.8 Å². The Hall–Kier alpha value is -5.53. The number of carbonyl (C=O) groups excluding carboxylic acids is 2. The maximum absolute atomic E-state index is 12.2. The van der Waals surface area contributed by atoms with Gasteiger partial charge in [0, 0.05) is 6.07 Å². The van der Waals surface area contributed by atoms with Gasteiger partial charge in [-0.3, -0.25) is 29.8 Å². The standard InChI is InChI=1S/C25H23N5O9/c1-3-37-20-8-6-5-7-18(20)27-24(31)25(32)28-26-15-16-9-11-22(23(13-16)38-4-2)39-21-12-10-17(29(33)34)14-19(21)30(35)36/h5-15H,3-4H2,1-2H3,(H,27,31)(H,28,32)/b26-15+. The van der Waals surface area contributed by atoms with Crippen molar-refractivity contribution >= 4 is 35.1 Å². The number of nitrogens with one attached hydrogen (secondary N) is 2. The smallest absolute Gasteiger partial charge is 0.329 e. The van der Waals surface area contributed by atoms with Gasteiger partial charge < -0.3 is 19.5 Å². The molecule has 0 fully saturated rings. The zero-order valence-electron chi connectivity index (χ0n) is 20.8. The van der Waals surface area contributed by atoms with Crippen LogP contribution in [-0.2, 0) is 9.59 Å². The number of hydrogen-bond donors (Lipinski definition) is 2. The molecule has 3 aromatic carbocycles. The monoisotopic (exact) mass is 537 g/mol. The number of para-hydroxylation sites is 2. The molecule has 2 N–H and O–H groups in total. The van der Waals surface area contributed by atoms with Crippen LogP contribution in [0.1, 0.15) is 19.4 Å². The third-order valence-corrected chi connectivity index (χ3v) is 4.86. The van der Waals surface area contributed by atoms with Crippen molar-refractivity contribution in [3.63, 3.8) is 0 Å². The zero-order chi connectivity index (χ0) is 28.4. The highest BCUT2D eigenvalue weighted by Crippen LogP contribution is 2.38. The summed E-state index contributed by atoms with van der Waals surface area (Å²) in [6.45, 7) is 4.09. The Balaban J connectivity index is 1.72. The van der Waals surface area contributed by atoms with E-state index in [1.54, 1.807) is 38.1 Å². The Morgan fingerprint density at radius 1 is 0.846 bits per heavy atom. The molecule has 2 amide bonds. The average Bonchev–Trinajstić information content (AvgIpc) is 2.91. The molecule has 0 bridgehead atoms. The Labute approximate surface area is 221 Å². The van der Waals surface area contributed by atoms with Gasteiger partial charge in [-0.25, -0.2) is 5.43 Å². The number of non-ortho nitro benzene ring substituents is 1. The van der Waals surface area contributed by atoms with Gasteiger partial charge in [0.05, 0.1) is 41.0 Å². The van der Waals surface area contributed by atoms with E-state index in [2.05, 4.69) is 15.8 Å². The SMILES string of the molecule is CCOc1ccccc1NC(=O)C(=O)N/N=C/c1ccc(Oc2ccc([N+](=O)[O-])cc2[N+](=O)[O-])c(OCC)c1. The largest absolute Gasteiger partial charge is 0.492 e. The zero-order valence-corrected chi connectivity index (χ0v) is 20.8. The molecule has 202 valence electrons. The Bertz CT molecular complexity index is 1420. The molecule has 0 radical (unpaired) electrons. The van der Waals surface area contributed by atoms with E-state index in [9.17, 15) is 29.8 Å². The molecule has 0 aliphatic rings. The Kier molecular flexibility index (Phi) is 9.45. The van der Waals surface area contributed by atoms with E-state index < -0.39 is 33.0 Å². The minimum atomic E-state index is -1.02. The van der Waals surface area contributed by atoms with Crippen LogP contribution >= 0.6 is 0 Å². The predicted molar refractivity (Wildman–Crippen MR) is 139 cm³/mol. The fourth-order valence-electron chi connectivity index (χ4n) is 3.17. The minimum absolute atomic E-state index is 0.0994. The summed E-state index contributed by atoms with van der Waals surface area (Å²) >= 11 is 0. The first-order chi connectivity index (χ1) is 18.7. The van der Waals surface area contributed by atoms with Crippen molar-refractivity contribution < 1.29 is 33.6 Å². The molecule has 3 rings (SSSR count). The molecular formula is C25H23N5O9. The van der Waals surface area contributed by atoms with Crippen molar-refractivity contribution in [1.82, 2.24) is 5.43 Å². The molecule has 0 aromatic heterocycles. The second-order valence-electron chi connectivity index (χ2n) is 7.49. The van der Waals surface area contributed by atoms with Gasteiger partial charge in [-0.1, -0.05) is 12.1 Å². The number of hydrogen-bond acceptors (Lipinski definition) is 10. The van der Waals surface area contributed by atoms with E-state index in [0.29, 0.717) is 23.6 Å². The number of carbonyl (C=O) groups is 2. The van der Waals surface area contributed by atoms with Crippen LogP contribution in [0.15, 0.2) is 65.8 Å². The van der Waals surface area contributed by atoms with E-state index in [1.807, 2.05) is 0 Å². The van der Waals surface area contributed by atoms with Crippen molar-refractivity contribution in [2.24, 2.45) is 5.10 Å². The number of amides is 2. The van der Waals surface area contributed by atoms with Crippen LogP contribution in [0.4, 0.5) is 17.1 Å². The van der Waals surface area contributed by atoms with Gasteiger partial charge >= 0.3 is 17.5 Å². The van der Waals surface area contributed by atoms with Crippen molar-refractivity contribution in [1.29, 1.82) is 0 Å². The Morgan fingerprint density at radius 3 is 2.23 bits per heavy atom. The van der Waals surface area contributed by atoms with Gasteiger partial charge in [0.15, 0.2) is 11.5 Å². The Morgan fingerprint density at radius 2 is 1.54 bits per heavy atom. The van der Waals surface area contributed by atoms with Gasteiger partial charge in [0.1, 0.15) is 5.75 Å². The molecule has 39 heavy (non-hydrogen) atoms. The normalized spacial score (nSPS) is 10.5. The number of benzene rings is 3. The van der Waals surface area contributed by atoms with Crippen molar-refractivity contribution in [3.05, 3.63) is 86.5 Å². The summed E-state index contributed by atoms with van der Waals surface area (Å²) < 4.78 is 16.6. The van der Waals surface area contributed by atoms with Crippen molar-refractivity contribution in [2.75, 3.05) is 18.5 Å². The average molecular weight is 537 g/mol.